The van der Waals surface area contributed by atoms with E-state index in [1.54, 1.807) is 11.1 Å². The van der Waals surface area contributed by atoms with E-state index in [2.05, 4.69) is 165 Å². The van der Waals surface area contributed by atoms with Crippen molar-refractivity contribution in [3.63, 3.8) is 0 Å². The quantitative estimate of drug-likeness (QED) is 0.216. The normalized spacial score (nSPS) is 15.7. The molecule has 0 saturated carbocycles. The van der Waals surface area contributed by atoms with E-state index < -0.39 is 62.8 Å². The molecular formula is C36H69GeOSi6. The van der Waals surface area contributed by atoms with Crippen LogP contribution in [0.1, 0.15) is 43.3 Å². The Morgan fingerprint density at radius 3 is 1.25 bits per heavy atom. The number of hydrogen-bond acceptors (Lipinski definition) is 0. The van der Waals surface area contributed by atoms with Gasteiger partial charge in [0, 0.05) is 0 Å². The minimum Gasteiger partial charge on any atom is -0.412 e. The van der Waals surface area contributed by atoms with E-state index in [4.69, 9.17) is 0 Å². The van der Waals surface area contributed by atoms with Gasteiger partial charge >= 0.3 is 281 Å². The Balaban J connectivity index is 0.00000675. The number of fused-ring (bicyclic) bond motifs is 1. The van der Waals surface area contributed by atoms with Gasteiger partial charge in [0.2, 0.25) is 0 Å². The first kappa shape index (κ1) is 40.2. The smallest absolute Gasteiger partial charge is 0.412 e. The van der Waals surface area contributed by atoms with Gasteiger partial charge in [-0.1, -0.05) is 0 Å². The van der Waals surface area contributed by atoms with Gasteiger partial charge in [-0.15, -0.1) is 0 Å². The zero-order chi connectivity index (χ0) is 33.1. The van der Waals surface area contributed by atoms with Gasteiger partial charge < -0.3 is 5.48 Å². The SMILES string of the molecule is C[Si](C)(C)C(c1cc(C([Si](C)(C)C)[Si](C)(C)C)[c]([Ge]2[CH]=Cc3ccccc3[CH2]2)c(C([Si](C)(C)C)[Si](C)(C)C)c1)[Si](C)(C)C.O. The van der Waals surface area contributed by atoms with Crippen LogP contribution in [0.25, 0.3) is 6.08 Å². The van der Waals surface area contributed by atoms with Crippen molar-refractivity contribution in [1.82, 2.24) is 0 Å². The fourth-order valence-electron chi connectivity index (χ4n) is 9.95. The summed E-state index contributed by atoms with van der Waals surface area (Å²) in [5.41, 5.74) is 8.61. The number of hydrogen-bond donors (Lipinski definition) is 0. The Hall–Kier alpha value is -0.0158. The first-order valence-corrected chi connectivity index (χ1v) is 42.2. The molecule has 8 heteroatoms. The molecule has 44 heavy (non-hydrogen) atoms. The monoisotopic (exact) mass is 759 g/mol. The van der Waals surface area contributed by atoms with Crippen LogP contribution in [0, 0.1) is 0 Å². The van der Waals surface area contributed by atoms with Gasteiger partial charge in [0.05, 0.1) is 0 Å². The molecular weight excluding hydrogens is 690 g/mol. The predicted octanol–water partition coefficient (Wildman–Crippen LogP) is 10.4. The van der Waals surface area contributed by atoms with Gasteiger partial charge in [-0.05, 0) is 0 Å². The van der Waals surface area contributed by atoms with Crippen molar-refractivity contribution in [3.05, 3.63) is 69.1 Å². The molecule has 0 bridgehead atoms. The van der Waals surface area contributed by atoms with E-state index >= 15 is 0 Å². The number of rotatable bonds is 10. The van der Waals surface area contributed by atoms with Crippen LogP contribution in [-0.4, -0.2) is 68.3 Å². The van der Waals surface area contributed by atoms with Gasteiger partial charge in [-0.25, -0.2) is 0 Å². The van der Waals surface area contributed by atoms with Crippen molar-refractivity contribution in [2.45, 2.75) is 139 Å². The first-order chi connectivity index (χ1) is 19.1. The van der Waals surface area contributed by atoms with Crippen LogP contribution in [0.4, 0.5) is 0 Å². The average Bonchev–Trinajstić information content (AvgIpc) is 2.72. The number of benzene rings is 2. The minimum absolute atomic E-state index is 0. The molecule has 0 amide bonds. The fraction of sp³-hybridized carbons (Fsp3) is 0.611. The Morgan fingerprint density at radius 1 is 0.523 bits per heavy atom. The van der Waals surface area contributed by atoms with Crippen LogP contribution in [-0.2, 0) is 5.25 Å². The zero-order valence-electron chi connectivity index (χ0n) is 32.1. The standard InChI is InChI=1S/C36H67GeSi6.H2O/c1-38(2,3)34(39(4,5)6)30-25-31(35(40(7,8)9)41(10,11)12)33(32(26-30)36(42(13,14)15)43(16,17)18)37-24-23-28-21-19-20-22-29(28)27-37;/h19-26,34-36H,27H2,1-18H3;1H2. The molecule has 247 valence electrons. The summed E-state index contributed by atoms with van der Waals surface area (Å²) >= 11 is -1.78. The zero-order valence-corrected chi connectivity index (χ0v) is 40.2. The van der Waals surface area contributed by atoms with E-state index in [1.165, 1.54) is 10.8 Å². The molecule has 3 rings (SSSR count). The van der Waals surface area contributed by atoms with Crippen molar-refractivity contribution in [1.29, 1.82) is 0 Å². The van der Waals surface area contributed by atoms with Crippen molar-refractivity contribution in [2.75, 3.05) is 0 Å². The van der Waals surface area contributed by atoms with Gasteiger partial charge in [0.25, 0.3) is 0 Å². The summed E-state index contributed by atoms with van der Waals surface area (Å²) < 4.78 is 1.95. The van der Waals surface area contributed by atoms with Crippen molar-refractivity contribution in [2.24, 2.45) is 0 Å². The van der Waals surface area contributed by atoms with Gasteiger partial charge in [-0.2, -0.15) is 0 Å². The summed E-state index contributed by atoms with van der Waals surface area (Å²) in [6.45, 7) is 48.4. The molecule has 0 spiro atoms. The largest absolute Gasteiger partial charge is 0.412 e. The second kappa shape index (κ2) is 13.5. The van der Waals surface area contributed by atoms with Crippen molar-refractivity contribution >= 4 is 73.3 Å². The molecule has 1 radical (unpaired) electrons. The topological polar surface area (TPSA) is 31.5 Å². The maximum Gasteiger partial charge on any atom is -0.412 e. The van der Waals surface area contributed by atoms with Gasteiger partial charge in [0.1, 0.15) is 0 Å². The van der Waals surface area contributed by atoms with E-state index in [1.807, 2.05) is 15.5 Å². The van der Waals surface area contributed by atoms with Gasteiger partial charge in [-0.3, -0.25) is 0 Å². The van der Waals surface area contributed by atoms with Crippen LogP contribution in [0.3, 0.4) is 0 Å². The summed E-state index contributed by atoms with van der Waals surface area (Å²) in [6.07, 6.45) is 2.54. The summed E-state index contributed by atoms with van der Waals surface area (Å²) in [7, 11) is -8.99. The first-order valence-electron chi connectivity index (χ1n) is 16.9. The predicted molar refractivity (Wildman–Crippen MR) is 223 cm³/mol. The van der Waals surface area contributed by atoms with Crippen LogP contribution in [0.15, 0.2) is 41.3 Å². The third-order valence-corrected chi connectivity index (χ3v) is 42.8. The molecule has 2 aromatic carbocycles. The van der Waals surface area contributed by atoms with Crippen LogP contribution >= 0.6 is 0 Å². The Kier molecular flexibility index (Phi) is 12.3. The van der Waals surface area contributed by atoms with Crippen molar-refractivity contribution in [3.8, 4) is 0 Å². The molecule has 2 N–H and O–H groups in total. The molecule has 1 aliphatic heterocycles. The molecule has 0 fully saturated rings. The second-order valence-electron chi connectivity index (χ2n) is 20.3. The van der Waals surface area contributed by atoms with Crippen LogP contribution < -0.4 is 4.40 Å². The van der Waals surface area contributed by atoms with Crippen LogP contribution in [0.5, 0.6) is 0 Å². The average molecular weight is 759 g/mol. The minimum atomic E-state index is -1.78. The molecule has 0 unspecified atom stereocenters. The molecule has 0 atom stereocenters. The Labute approximate surface area is 284 Å². The molecule has 0 aromatic heterocycles. The molecule has 1 aliphatic rings. The van der Waals surface area contributed by atoms with E-state index in [0.29, 0.717) is 0 Å². The molecule has 1 heterocycles. The van der Waals surface area contributed by atoms with E-state index in [9.17, 15) is 0 Å². The molecule has 0 saturated heterocycles. The fourth-order valence-corrected chi connectivity index (χ4v) is 55.1. The van der Waals surface area contributed by atoms with Gasteiger partial charge in [0.15, 0.2) is 0 Å². The Bertz CT molecular complexity index is 1230. The third kappa shape index (κ3) is 9.11. The maximum atomic E-state index is 2.92. The summed E-state index contributed by atoms with van der Waals surface area (Å²) in [5.74, 6) is 0. The molecule has 1 nitrogen and oxygen atoms in total. The van der Waals surface area contributed by atoms with Crippen molar-refractivity contribution < 1.29 is 5.48 Å². The Morgan fingerprint density at radius 2 is 0.886 bits per heavy atom. The van der Waals surface area contributed by atoms with E-state index in [-0.39, 0.29) is 5.48 Å². The molecule has 0 aliphatic carbocycles. The summed E-state index contributed by atoms with van der Waals surface area (Å²) in [5, 5.41) is 3.66. The maximum absolute atomic E-state index is 2.92. The summed E-state index contributed by atoms with van der Waals surface area (Å²) in [4.78, 5) is 2.79. The summed E-state index contributed by atoms with van der Waals surface area (Å²) in [6, 6.07) is 15.1. The van der Waals surface area contributed by atoms with E-state index in [0.717, 1.165) is 15.5 Å². The second-order valence-corrected chi connectivity index (χ2v) is 58.6. The third-order valence-electron chi connectivity index (χ3n) is 9.59. The molecule has 2 aromatic rings. The van der Waals surface area contributed by atoms with Crippen LogP contribution in [0.2, 0.25) is 118 Å².